The molecule has 12 heavy (non-hydrogen) atoms. The van der Waals surface area contributed by atoms with E-state index in [-0.39, 0.29) is 0 Å². The molecule has 0 aromatic heterocycles. The quantitative estimate of drug-likeness (QED) is 0.557. The molecule has 4 rings (SSSR count). The minimum atomic E-state index is 0.593. The zero-order valence-electron chi connectivity index (χ0n) is 7.72. The van der Waals surface area contributed by atoms with Crippen LogP contribution in [0.1, 0.15) is 39.0 Å². The van der Waals surface area contributed by atoms with Gasteiger partial charge in [0, 0.05) is 4.32 Å². The Balaban J connectivity index is 1.95. The topological polar surface area (TPSA) is 0 Å². The van der Waals surface area contributed by atoms with Crippen LogP contribution in [0.15, 0.2) is 0 Å². The van der Waals surface area contributed by atoms with Gasteiger partial charge in [-0.2, -0.15) is 0 Å². The van der Waals surface area contributed by atoms with Crippen LogP contribution < -0.4 is 0 Å². The molecule has 2 unspecified atom stereocenters. The first-order valence-electron chi connectivity index (χ1n) is 5.35. The van der Waals surface area contributed by atoms with Crippen molar-refractivity contribution in [3.8, 4) is 0 Å². The van der Waals surface area contributed by atoms with E-state index in [9.17, 15) is 0 Å². The predicted molar refractivity (Wildman–Crippen MR) is 54.4 cm³/mol. The van der Waals surface area contributed by atoms with Crippen molar-refractivity contribution < 1.29 is 0 Å². The summed E-state index contributed by atoms with van der Waals surface area (Å²) in [6.45, 7) is 2.49. The Hall–Kier alpha value is 0.480. The molecule has 0 amide bonds. The lowest BCUT2D eigenvalue weighted by Gasteiger charge is -2.57. The van der Waals surface area contributed by atoms with Gasteiger partial charge in [0.2, 0.25) is 0 Å². The molecule has 1 heteroatoms. The van der Waals surface area contributed by atoms with Crippen LogP contribution >= 0.6 is 15.9 Å². The number of hydrogen-bond acceptors (Lipinski definition) is 0. The minimum Gasteiger partial charge on any atom is -0.0853 e. The molecule has 0 radical (unpaired) electrons. The van der Waals surface area contributed by atoms with Crippen molar-refractivity contribution >= 4 is 15.9 Å². The molecule has 0 aromatic rings. The molecule has 0 N–H and O–H groups in total. The SMILES string of the molecule is CC1C2CC3CC1CC(Br)(C3)C2. The molecule has 4 bridgehead atoms. The third kappa shape index (κ3) is 0.950. The average molecular weight is 229 g/mol. The minimum absolute atomic E-state index is 0.593. The van der Waals surface area contributed by atoms with E-state index in [1.54, 1.807) is 12.8 Å². The van der Waals surface area contributed by atoms with Gasteiger partial charge in [0.25, 0.3) is 0 Å². The van der Waals surface area contributed by atoms with Crippen LogP contribution in [-0.4, -0.2) is 4.32 Å². The van der Waals surface area contributed by atoms with E-state index >= 15 is 0 Å². The lowest BCUT2D eigenvalue weighted by molar-refractivity contribution is -0.00987. The van der Waals surface area contributed by atoms with Gasteiger partial charge in [-0.3, -0.25) is 0 Å². The first kappa shape index (κ1) is 7.84. The molecule has 0 aliphatic heterocycles. The van der Waals surface area contributed by atoms with Gasteiger partial charge in [-0.15, -0.1) is 0 Å². The molecule has 0 heterocycles. The summed E-state index contributed by atoms with van der Waals surface area (Å²) in [5.41, 5.74) is 0. The largest absolute Gasteiger partial charge is 0.0853 e. The molecule has 4 fully saturated rings. The zero-order valence-corrected chi connectivity index (χ0v) is 9.31. The molecule has 0 aromatic carbocycles. The van der Waals surface area contributed by atoms with E-state index in [0.29, 0.717) is 4.32 Å². The monoisotopic (exact) mass is 228 g/mol. The molecule has 0 nitrogen and oxygen atoms in total. The van der Waals surface area contributed by atoms with E-state index in [0.717, 1.165) is 23.7 Å². The Morgan fingerprint density at radius 3 is 2.17 bits per heavy atom. The molecular weight excluding hydrogens is 212 g/mol. The van der Waals surface area contributed by atoms with E-state index in [1.807, 2.05) is 0 Å². The fourth-order valence-electron chi connectivity index (χ4n) is 4.18. The van der Waals surface area contributed by atoms with E-state index in [4.69, 9.17) is 0 Å². The molecule has 4 aliphatic carbocycles. The van der Waals surface area contributed by atoms with Gasteiger partial charge in [-0.25, -0.2) is 0 Å². The number of halogens is 1. The van der Waals surface area contributed by atoms with E-state index in [1.165, 1.54) is 19.3 Å². The van der Waals surface area contributed by atoms with Gasteiger partial charge < -0.3 is 0 Å². The molecule has 0 spiro atoms. The number of alkyl halides is 1. The van der Waals surface area contributed by atoms with Crippen molar-refractivity contribution in [1.29, 1.82) is 0 Å². The summed E-state index contributed by atoms with van der Waals surface area (Å²) in [5.74, 6) is 4.25. The molecular formula is C11H17Br. The normalized spacial score (nSPS) is 62.5. The van der Waals surface area contributed by atoms with E-state index < -0.39 is 0 Å². The highest BCUT2D eigenvalue weighted by molar-refractivity contribution is 9.10. The third-order valence-corrected chi connectivity index (χ3v) is 5.64. The van der Waals surface area contributed by atoms with Crippen LogP contribution in [0, 0.1) is 23.7 Å². The Bertz CT molecular complexity index is 195. The second-order valence-corrected chi connectivity index (χ2v) is 7.16. The summed E-state index contributed by atoms with van der Waals surface area (Å²) < 4.78 is 0.593. The first-order chi connectivity index (χ1) is 5.66. The van der Waals surface area contributed by atoms with Crippen molar-refractivity contribution in [3.05, 3.63) is 0 Å². The van der Waals surface area contributed by atoms with Crippen LogP contribution in [0.25, 0.3) is 0 Å². The van der Waals surface area contributed by atoms with Gasteiger partial charge in [0.15, 0.2) is 0 Å². The predicted octanol–water partition coefficient (Wildman–Crippen LogP) is 3.60. The lowest BCUT2D eigenvalue weighted by Crippen LogP contribution is -2.50. The van der Waals surface area contributed by atoms with Gasteiger partial charge in [0.1, 0.15) is 0 Å². The average Bonchev–Trinajstić information content (AvgIpc) is 1.96. The Morgan fingerprint density at radius 2 is 1.67 bits per heavy atom. The Labute approximate surface area is 83.2 Å². The van der Waals surface area contributed by atoms with Gasteiger partial charge in [-0.1, -0.05) is 22.9 Å². The van der Waals surface area contributed by atoms with Crippen LogP contribution in [-0.2, 0) is 0 Å². The molecule has 68 valence electrons. The summed E-state index contributed by atoms with van der Waals surface area (Å²) in [4.78, 5) is 0. The summed E-state index contributed by atoms with van der Waals surface area (Å²) in [5, 5.41) is 0. The van der Waals surface area contributed by atoms with Crippen molar-refractivity contribution in [3.63, 3.8) is 0 Å². The highest BCUT2D eigenvalue weighted by Gasteiger charge is 2.52. The highest BCUT2D eigenvalue weighted by atomic mass is 79.9. The van der Waals surface area contributed by atoms with Crippen molar-refractivity contribution in [1.82, 2.24) is 0 Å². The van der Waals surface area contributed by atoms with Crippen LogP contribution in [0.4, 0.5) is 0 Å². The second-order valence-electron chi connectivity index (χ2n) is 5.48. The van der Waals surface area contributed by atoms with Gasteiger partial charge in [-0.05, 0) is 55.8 Å². The van der Waals surface area contributed by atoms with E-state index in [2.05, 4.69) is 22.9 Å². The maximum absolute atomic E-state index is 3.98. The summed E-state index contributed by atoms with van der Waals surface area (Å²) in [7, 11) is 0. The highest BCUT2D eigenvalue weighted by Crippen LogP contribution is 2.61. The van der Waals surface area contributed by atoms with Crippen molar-refractivity contribution in [2.24, 2.45) is 23.7 Å². The molecule has 4 saturated carbocycles. The number of hydrogen-bond donors (Lipinski definition) is 0. The van der Waals surface area contributed by atoms with Crippen molar-refractivity contribution in [2.45, 2.75) is 43.4 Å². The maximum Gasteiger partial charge on any atom is 0.0266 e. The second kappa shape index (κ2) is 2.29. The van der Waals surface area contributed by atoms with Crippen LogP contribution in [0.3, 0.4) is 0 Å². The summed E-state index contributed by atoms with van der Waals surface area (Å²) in [6.07, 6.45) is 7.52. The third-order valence-electron chi connectivity index (χ3n) is 4.67. The molecule has 0 saturated heterocycles. The fourth-order valence-corrected chi connectivity index (χ4v) is 5.47. The smallest absolute Gasteiger partial charge is 0.0266 e. The van der Waals surface area contributed by atoms with Crippen molar-refractivity contribution in [2.75, 3.05) is 0 Å². The maximum atomic E-state index is 3.98. The number of rotatable bonds is 0. The van der Waals surface area contributed by atoms with Crippen LogP contribution in [0.5, 0.6) is 0 Å². The molecule has 4 aliphatic rings. The van der Waals surface area contributed by atoms with Gasteiger partial charge in [0.05, 0.1) is 0 Å². The van der Waals surface area contributed by atoms with Crippen LogP contribution in [0.2, 0.25) is 0 Å². The Morgan fingerprint density at radius 1 is 1.08 bits per heavy atom. The summed E-state index contributed by atoms with van der Waals surface area (Å²) >= 11 is 3.98. The first-order valence-corrected chi connectivity index (χ1v) is 6.14. The van der Waals surface area contributed by atoms with Gasteiger partial charge >= 0.3 is 0 Å². The molecule has 2 atom stereocenters. The summed E-state index contributed by atoms with van der Waals surface area (Å²) in [6, 6.07) is 0. The Kier molecular flexibility index (Phi) is 1.50. The fraction of sp³-hybridized carbons (Fsp3) is 1.00. The standard InChI is InChI=1S/C11H17Br/c1-7-9-2-8-3-10(7)6-11(12,4-8)5-9/h7-10H,2-6H2,1H3. The zero-order chi connectivity index (χ0) is 8.34. The lowest BCUT2D eigenvalue weighted by atomic mass is 9.52.